The van der Waals surface area contributed by atoms with Crippen molar-refractivity contribution in [3.8, 4) is 5.88 Å². The van der Waals surface area contributed by atoms with Gasteiger partial charge >= 0.3 is 0 Å². The van der Waals surface area contributed by atoms with Crippen LogP contribution < -0.4 is 4.74 Å². The normalized spacial score (nSPS) is 10.9. The third-order valence-corrected chi connectivity index (χ3v) is 4.62. The Hall–Kier alpha value is -3.00. The molecule has 0 amide bonds. The third-order valence-electron chi connectivity index (χ3n) is 4.62. The molecule has 0 unspecified atom stereocenters. The van der Waals surface area contributed by atoms with Crippen molar-refractivity contribution in [3.63, 3.8) is 0 Å². The summed E-state index contributed by atoms with van der Waals surface area (Å²) in [5.41, 5.74) is 5.03. The fraction of sp³-hybridized carbons (Fsp3) is 0.130. The van der Waals surface area contributed by atoms with Crippen LogP contribution in [0.3, 0.4) is 0 Å². The fourth-order valence-corrected chi connectivity index (χ4v) is 3.48. The summed E-state index contributed by atoms with van der Waals surface area (Å²) < 4.78 is 8.15. The van der Waals surface area contributed by atoms with Gasteiger partial charge in [-0.1, -0.05) is 78.9 Å². The lowest BCUT2D eigenvalue weighted by molar-refractivity contribution is 0.376. The van der Waals surface area contributed by atoms with Gasteiger partial charge in [0, 0.05) is 17.4 Å². The summed E-state index contributed by atoms with van der Waals surface area (Å²) in [6.07, 6.45) is 0.867. The van der Waals surface area contributed by atoms with E-state index in [9.17, 15) is 0 Å². The molecule has 0 radical (unpaired) electrons. The second-order valence-corrected chi connectivity index (χ2v) is 6.24. The molecule has 124 valence electrons. The summed E-state index contributed by atoms with van der Waals surface area (Å²) in [6, 6.07) is 29.7. The standard InChI is InChI=1S/C23H21NO/c1-25-23-21(16-18-10-4-2-5-11-18)20-14-8-9-15-22(20)24(23)17-19-12-6-3-7-13-19/h2-15H,16-17H2,1H3. The molecule has 0 spiro atoms. The summed E-state index contributed by atoms with van der Waals surface area (Å²) in [5, 5.41) is 1.26. The molecular formula is C23H21NO. The summed E-state index contributed by atoms with van der Waals surface area (Å²) in [7, 11) is 1.77. The molecule has 0 fully saturated rings. The first-order valence-corrected chi connectivity index (χ1v) is 8.59. The number of hydrogen-bond acceptors (Lipinski definition) is 1. The van der Waals surface area contributed by atoms with Crippen LogP contribution in [-0.2, 0) is 13.0 Å². The molecule has 0 saturated carbocycles. The van der Waals surface area contributed by atoms with Crippen LogP contribution in [-0.4, -0.2) is 11.7 Å². The highest BCUT2D eigenvalue weighted by atomic mass is 16.5. The van der Waals surface area contributed by atoms with Crippen LogP contribution in [0.25, 0.3) is 10.9 Å². The second-order valence-electron chi connectivity index (χ2n) is 6.24. The molecule has 0 N–H and O–H groups in total. The van der Waals surface area contributed by atoms with Crippen molar-refractivity contribution in [2.45, 2.75) is 13.0 Å². The van der Waals surface area contributed by atoms with Crippen molar-refractivity contribution >= 4 is 10.9 Å². The number of hydrogen-bond donors (Lipinski definition) is 0. The van der Waals surface area contributed by atoms with Crippen LogP contribution in [0.5, 0.6) is 5.88 Å². The highest BCUT2D eigenvalue weighted by Crippen LogP contribution is 2.34. The van der Waals surface area contributed by atoms with Gasteiger partial charge in [0.2, 0.25) is 0 Å². The number of ether oxygens (including phenoxy) is 1. The first kappa shape index (κ1) is 15.5. The van der Waals surface area contributed by atoms with Crippen LogP contribution in [0.1, 0.15) is 16.7 Å². The minimum Gasteiger partial charge on any atom is -0.482 e. The highest BCUT2D eigenvalue weighted by Gasteiger charge is 2.18. The zero-order chi connectivity index (χ0) is 17.1. The van der Waals surface area contributed by atoms with Crippen LogP contribution in [0, 0.1) is 0 Å². The first-order valence-electron chi connectivity index (χ1n) is 8.59. The van der Waals surface area contributed by atoms with E-state index in [4.69, 9.17) is 4.74 Å². The molecule has 0 saturated heterocycles. The van der Waals surface area contributed by atoms with Gasteiger partial charge in [-0.15, -0.1) is 0 Å². The topological polar surface area (TPSA) is 14.2 Å². The minimum absolute atomic E-state index is 0.805. The Morgan fingerprint density at radius 3 is 2.00 bits per heavy atom. The quantitative estimate of drug-likeness (QED) is 0.486. The van der Waals surface area contributed by atoms with Crippen molar-refractivity contribution in [2.75, 3.05) is 7.11 Å². The number of rotatable bonds is 5. The van der Waals surface area contributed by atoms with Crippen LogP contribution in [0.15, 0.2) is 84.9 Å². The van der Waals surface area contributed by atoms with E-state index in [1.54, 1.807) is 7.11 Å². The highest BCUT2D eigenvalue weighted by molar-refractivity contribution is 5.87. The molecule has 2 nitrogen and oxygen atoms in total. The van der Waals surface area contributed by atoms with E-state index in [1.807, 2.05) is 0 Å². The predicted molar refractivity (Wildman–Crippen MR) is 103 cm³/mol. The van der Waals surface area contributed by atoms with Crippen molar-refractivity contribution in [1.29, 1.82) is 0 Å². The maximum Gasteiger partial charge on any atom is 0.198 e. The van der Waals surface area contributed by atoms with Gasteiger partial charge in [0.1, 0.15) is 0 Å². The van der Waals surface area contributed by atoms with Gasteiger partial charge in [-0.05, 0) is 17.2 Å². The van der Waals surface area contributed by atoms with E-state index in [1.165, 1.54) is 27.6 Å². The fourth-order valence-electron chi connectivity index (χ4n) is 3.48. The van der Waals surface area contributed by atoms with E-state index >= 15 is 0 Å². The Kier molecular flexibility index (Phi) is 4.26. The van der Waals surface area contributed by atoms with Gasteiger partial charge in [-0.2, -0.15) is 0 Å². The Balaban J connectivity index is 1.85. The zero-order valence-corrected chi connectivity index (χ0v) is 14.4. The maximum atomic E-state index is 5.87. The van der Waals surface area contributed by atoms with E-state index in [0.717, 1.165) is 18.8 Å². The van der Waals surface area contributed by atoms with Crippen LogP contribution >= 0.6 is 0 Å². The summed E-state index contributed by atoms with van der Waals surface area (Å²) in [5.74, 6) is 0.953. The van der Waals surface area contributed by atoms with E-state index < -0.39 is 0 Å². The molecule has 2 heteroatoms. The largest absolute Gasteiger partial charge is 0.482 e. The summed E-state index contributed by atoms with van der Waals surface area (Å²) in [4.78, 5) is 0. The van der Waals surface area contributed by atoms with Gasteiger partial charge in [0.15, 0.2) is 5.88 Å². The van der Waals surface area contributed by atoms with Gasteiger partial charge in [-0.25, -0.2) is 0 Å². The number of benzene rings is 3. The Bertz CT molecular complexity index is 893. The average molecular weight is 327 g/mol. The van der Waals surface area contributed by atoms with Gasteiger partial charge in [-0.3, -0.25) is 0 Å². The molecule has 4 aromatic rings. The maximum absolute atomic E-state index is 5.87. The van der Waals surface area contributed by atoms with E-state index in [-0.39, 0.29) is 0 Å². The molecule has 0 aliphatic heterocycles. The molecule has 0 aliphatic rings. The molecule has 0 aliphatic carbocycles. The third kappa shape index (κ3) is 3.03. The number of aromatic nitrogens is 1. The van der Waals surface area contributed by atoms with Gasteiger partial charge in [0.05, 0.1) is 19.2 Å². The average Bonchev–Trinajstić information content (AvgIpc) is 2.96. The van der Waals surface area contributed by atoms with Crippen LogP contribution in [0.4, 0.5) is 0 Å². The molecular weight excluding hydrogens is 306 g/mol. The van der Waals surface area contributed by atoms with Crippen molar-refractivity contribution in [2.24, 2.45) is 0 Å². The Morgan fingerprint density at radius 2 is 1.32 bits per heavy atom. The lowest BCUT2D eigenvalue weighted by Gasteiger charge is -2.11. The van der Waals surface area contributed by atoms with Crippen molar-refractivity contribution in [1.82, 2.24) is 4.57 Å². The smallest absolute Gasteiger partial charge is 0.198 e. The van der Waals surface area contributed by atoms with Crippen molar-refractivity contribution < 1.29 is 4.74 Å². The summed E-state index contributed by atoms with van der Waals surface area (Å²) >= 11 is 0. The Labute approximate surface area is 148 Å². The molecule has 1 heterocycles. The minimum atomic E-state index is 0.805. The van der Waals surface area contributed by atoms with Gasteiger partial charge < -0.3 is 9.30 Å². The number of para-hydroxylation sites is 1. The molecule has 3 aromatic carbocycles. The lowest BCUT2D eigenvalue weighted by Crippen LogP contribution is -2.03. The SMILES string of the molecule is COc1c(Cc2ccccc2)c2ccccc2n1Cc1ccccc1. The number of fused-ring (bicyclic) bond motifs is 1. The van der Waals surface area contributed by atoms with E-state index in [2.05, 4.69) is 89.5 Å². The molecule has 25 heavy (non-hydrogen) atoms. The number of nitrogens with zero attached hydrogens (tertiary/aromatic N) is 1. The monoisotopic (exact) mass is 327 g/mol. The molecule has 4 rings (SSSR count). The molecule has 0 atom stereocenters. The van der Waals surface area contributed by atoms with Crippen LogP contribution in [0.2, 0.25) is 0 Å². The van der Waals surface area contributed by atoms with E-state index in [0.29, 0.717) is 0 Å². The zero-order valence-electron chi connectivity index (χ0n) is 14.4. The summed E-state index contributed by atoms with van der Waals surface area (Å²) in [6.45, 7) is 0.805. The van der Waals surface area contributed by atoms with Gasteiger partial charge in [0.25, 0.3) is 0 Å². The number of methoxy groups -OCH3 is 1. The lowest BCUT2D eigenvalue weighted by atomic mass is 10.0. The molecule has 1 aromatic heterocycles. The predicted octanol–water partition coefficient (Wildman–Crippen LogP) is 5.29. The first-order chi connectivity index (χ1) is 12.4. The molecule has 0 bridgehead atoms. The second kappa shape index (κ2) is 6.86. The van der Waals surface area contributed by atoms with Crippen molar-refractivity contribution in [3.05, 3.63) is 102 Å². The Morgan fingerprint density at radius 1 is 0.720 bits per heavy atom.